The first-order chi connectivity index (χ1) is 13.7. The van der Waals surface area contributed by atoms with E-state index in [1.165, 1.54) is 10.7 Å². The maximum atomic E-state index is 14.2. The van der Waals surface area contributed by atoms with Crippen molar-refractivity contribution in [2.24, 2.45) is 5.92 Å². The Morgan fingerprint density at radius 1 is 1.24 bits per heavy atom. The van der Waals surface area contributed by atoms with Gasteiger partial charge in [0.25, 0.3) is 5.91 Å². The summed E-state index contributed by atoms with van der Waals surface area (Å²) in [6.45, 7) is 8.06. The van der Waals surface area contributed by atoms with Gasteiger partial charge in [0.1, 0.15) is 11.5 Å². The fraction of sp³-hybridized carbons (Fsp3) is 0.476. The van der Waals surface area contributed by atoms with Crippen LogP contribution in [0.4, 0.5) is 8.78 Å². The lowest BCUT2D eigenvalue weighted by Gasteiger charge is -2.33. The molecule has 1 aromatic heterocycles. The number of aromatic nitrogens is 2. The summed E-state index contributed by atoms with van der Waals surface area (Å²) in [5.74, 6) is -1.76. The molecule has 3 rings (SSSR count). The van der Waals surface area contributed by atoms with E-state index in [0.717, 1.165) is 25.0 Å². The number of nitrogens with one attached hydrogen (secondary N) is 1. The minimum Gasteiger partial charge on any atom is -0.351 e. The maximum Gasteiger partial charge on any atom is 0.257 e. The molecule has 2 aromatic rings. The molecule has 1 fully saturated rings. The highest BCUT2D eigenvalue weighted by molar-refractivity contribution is 5.96. The van der Waals surface area contributed by atoms with E-state index in [1.54, 1.807) is 18.7 Å². The van der Waals surface area contributed by atoms with Crippen LogP contribution in [0.15, 0.2) is 18.2 Å². The first-order valence-corrected chi connectivity index (χ1v) is 9.80. The lowest BCUT2D eigenvalue weighted by molar-refractivity contribution is -0.125. The van der Waals surface area contributed by atoms with E-state index >= 15 is 0 Å². The largest absolute Gasteiger partial charge is 0.351 e. The monoisotopic (exact) mass is 404 g/mol. The first kappa shape index (κ1) is 21.0. The Bertz CT molecular complexity index is 939. The van der Waals surface area contributed by atoms with E-state index in [1.807, 2.05) is 13.8 Å². The SMILES string of the molecule is Cc1nn(-c2ccc(F)cc2F)c(C)c1C(=O)N1CCCC(NC(=O)C(C)C)C1. The predicted molar refractivity (Wildman–Crippen MR) is 105 cm³/mol. The van der Waals surface area contributed by atoms with Gasteiger partial charge in [0.15, 0.2) is 5.82 Å². The van der Waals surface area contributed by atoms with Gasteiger partial charge in [-0.2, -0.15) is 5.10 Å². The van der Waals surface area contributed by atoms with E-state index in [2.05, 4.69) is 10.4 Å². The second-order valence-electron chi connectivity index (χ2n) is 7.81. The Balaban J connectivity index is 1.84. The van der Waals surface area contributed by atoms with Gasteiger partial charge in [0, 0.05) is 31.1 Å². The molecular formula is C21H26F2N4O2. The van der Waals surface area contributed by atoms with E-state index in [9.17, 15) is 18.4 Å². The van der Waals surface area contributed by atoms with Crippen LogP contribution in [0.2, 0.25) is 0 Å². The molecule has 0 radical (unpaired) electrons. The van der Waals surface area contributed by atoms with Crippen molar-refractivity contribution in [3.8, 4) is 5.69 Å². The summed E-state index contributed by atoms with van der Waals surface area (Å²) in [6.07, 6.45) is 1.61. The molecule has 0 saturated carbocycles. The fourth-order valence-corrected chi connectivity index (χ4v) is 3.65. The van der Waals surface area contributed by atoms with Gasteiger partial charge >= 0.3 is 0 Å². The quantitative estimate of drug-likeness (QED) is 0.851. The van der Waals surface area contributed by atoms with Gasteiger partial charge in [-0.1, -0.05) is 13.8 Å². The zero-order valence-corrected chi connectivity index (χ0v) is 17.1. The van der Waals surface area contributed by atoms with Crippen LogP contribution in [0.5, 0.6) is 0 Å². The number of hydrogen-bond acceptors (Lipinski definition) is 3. The molecule has 2 amide bonds. The summed E-state index contributed by atoms with van der Waals surface area (Å²) in [6, 6.07) is 3.16. The van der Waals surface area contributed by atoms with Gasteiger partial charge in [-0.15, -0.1) is 0 Å². The van der Waals surface area contributed by atoms with Gasteiger partial charge in [0.2, 0.25) is 5.91 Å². The zero-order valence-electron chi connectivity index (χ0n) is 17.1. The number of carbonyl (C=O) groups is 2. The molecule has 29 heavy (non-hydrogen) atoms. The Labute approximate surface area is 168 Å². The van der Waals surface area contributed by atoms with Crippen LogP contribution >= 0.6 is 0 Å². The van der Waals surface area contributed by atoms with Crippen molar-refractivity contribution in [3.63, 3.8) is 0 Å². The van der Waals surface area contributed by atoms with E-state index < -0.39 is 11.6 Å². The minimum absolute atomic E-state index is 0.0312. The maximum absolute atomic E-state index is 14.2. The minimum atomic E-state index is -0.746. The summed E-state index contributed by atoms with van der Waals surface area (Å²) in [7, 11) is 0. The molecule has 1 unspecified atom stereocenters. The number of nitrogens with zero attached hydrogens (tertiary/aromatic N) is 3. The topological polar surface area (TPSA) is 67.2 Å². The lowest BCUT2D eigenvalue weighted by atomic mass is 10.0. The van der Waals surface area contributed by atoms with Crippen molar-refractivity contribution in [3.05, 3.63) is 46.8 Å². The van der Waals surface area contributed by atoms with Crippen molar-refractivity contribution >= 4 is 11.8 Å². The molecule has 6 nitrogen and oxygen atoms in total. The summed E-state index contributed by atoms with van der Waals surface area (Å²) in [5.41, 5.74) is 1.47. The van der Waals surface area contributed by atoms with Crippen molar-refractivity contribution in [1.82, 2.24) is 20.0 Å². The molecule has 156 valence electrons. The standard InChI is InChI=1S/C21H26F2N4O2/c1-12(2)20(28)24-16-6-5-9-26(11-16)21(29)19-13(3)25-27(14(19)4)18-8-7-15(22)10-17(18)23/h7-8,10,12,16H,5-6,9,11H2,1-4H3,(H,24,28). The van der Waals surface area contributed by atoms with Gasteiger partial charge in [-0.05, 0) is 38.8 Å². The lowest BCUT2D eigenvalue weighted by Crippen LogP contribution is -2.50. The highest BCUT2D eigenvalue weighted by Gasteiger charge is 2.30. The van der Waals surface area contributed by atoms with Crippen molar-refractivity contribution in [2.75, 3.05) is 13.1 Å². The molecule has 2 heterocycles. The van der Waals surface area contributed by atoms with Crippen LogP contribution in [-0.2, 0) is 4.79 Å². The first-order valence-electron chi connectivity index (χ1n) is 9.80. The Hall–Kier alpha value is -2.77. The number of amides is 2. The van der Waals surface area contributed by atoms with Crippen LogP contribution < -0.4 is 5.32 Å². The molecule has 0 bridgehead atoms. The van der Waals surface area contributed by atoms with E-state index in [-0.39, 0.29) is 29.5 Å². The highest BCUT2D eigenvalue weighted by atomic mass is 19.1. The molecule has 1 saturated heterocycles. The second-order valence-corrected chi connectivity index (χ2v) is 7.81. The normalized spacial score (nSPS) is 16.9. The van der Waals surface area contributed by atoms with Crippen molar-refractivity contribution < 1.29 is 18.4 Å². The van der Waals surface area contributed by atoms with Crippen molar-refractivity contribution in [1.29, 1.82) is 0 Å². The third-order valence-corrected chi connectivity index (χ3v) is 5.22. The number of aryl methyl sites for hydroxylation is 1. The fourth-order valence-electron chi connectivity index (χ4n) is 3.65. The molecule has 0 aliphatic carbocycles. The number of benzene rings is 1. The molecule has 0 spiro atoms. The summed E-state index contributed by atoms with van der Waals surface area (Å²) >= 11 is 0. The van der Waals surface area contributed by atoms with Crippen LogP contribution in [0.25, 0.3) is 5.69 Å². The predicted octanol–water partition coefficient (Wildman–Crippen LogP) is 3.14. The third kappa shape index (κ3) is 4.31. The number of hydrogen-bond donors (Lipinski definition) is 1. The number of likely N-dealkylation sites (tertiary alicyclic amines) is 1. The molecule has 1 aliphatic heterocycles. The van der Waals surface area contributed by atoms with Crippen LogP contribution in [0.3, 0.4) is 0 Å². The Morgan fingerprint density at radius 3 is 2.62 bits per heavy atom. The van der Waals surface area contributed by atoms with Gasteiger partial charge < -0.3 is 10.2 Å². The van der Waals surface area contributed by atoms with Gasteiger partial charge in [0.05, 0.1) is 17.0 Å². The van der Waals surface area contributed by atoms with Gasteiger partial charge in [-0.25, -0.2) is 13.5 Å². The second kappa shape index (κ2) is 8.31. The van der Waals surface area contributed by atoms with E-state index in [0.29, 0.717) is 30.0 Å². The third-order valence-electron chi connectivity index (χ3n) is 5.22. The summed E-state index contributed by atoms with van der Waals surface area (Å²) in [5, 5.41) is 7.30. The molecule has 1 atom stereocenters. The average molecular weight is 404 g/mol. The summed E-state index contributed by atoms with van der Waals surface area (Å²) < 4.78 is 28.8. The van der Waals surface area contributed by atoms with Crippen LogP contribution in [0, 0.1) is 31.4 Å². The number of piperidine rings is 1. The molecular weight excluding hydrogens is 378 g/mol. The van der Waals surface area contributed by atoms with Crippen molar-refractivity contribution in [2.45, 2.75) is 46.6 Å². The molecule has 1 N–H and O–H groups in total. The Kier molecular flexibility index (Phi) is 6.00. The summed E-state index contributed by atoms with van der Waals surface area (Å²) in [4.78, 5) is 26.9. The molecule has 1 aliphatic rings. The highest BCUT2D eigenvalue weighted by Crippen LogP contribution is 2.23. The number of rotatable bonds is 4. The van der Waals surface area contributed by atoms with Crippen LogP contribution in [0.1, 0.15) is 48.4 Å². The Morgan fingerprint density at radius 2 is 1.97 bits per heavy atom. The number of halogens is 2. The zero-order chi connectivity index (χ0) is 21.3. The van der Waals surface area contributed by atoms with E-state index in [4.69, 9.17) is 0 Å². The van der Waals surface area contributed by atoms with Gasteiger partial charge in [-0.3, -0.25) is 9.59 Å². The van der Waals surface area contributed by atoms with Crippen LogP contribution in [-0.4, -0.2) is 45.6 Å². The smallest absolute Gasteiger partial charge is 0.257 e. The number of carbonyl (C=O) groups excluding carboxylic acids is 2. The molecule has 8 heteroatoms. The molecule has 1 aromatic carbocycles. The average Bonchev–Trinajstić information content (AvgIpc) is 2.95.